The Morgan fingerprint density at radius 2 is 2.00 bits per heavy atom. The van der Waals surface area contributed by atoms with E-state index in [-0.39, 0.29) is 0 Å². The Morgan fingerprint density at radius 1 is 1.42 bits per heavy atom. The summed E-state index contributed by atoms with van der Waals surface area (Å²) in [5.74, 6) is 2.39. The first kappa shape index (κ1) is 10.3. The van der Waals surface area contributed by atoms with E-state index in [0.29, 0.717) is 5.92 Å². The van der Waals surface area contributed by atoms with Crippen LogP contribution in [-0.4, -0.2) is 30.4 Å². The maximum absolute atomic E-state index is 5.77. The van der Waals surface area contributed by atoms with Crippen molar-refractivity contribution in [1.82, 2.24) is 4.90 Å². The Labute approximate surface area is 81.1 Å². The van der Waals surface area contributed by atoms with Crippen LogP contribution in [0.2, 0.25) is 0 Å². The average molecular weight is 190 g/mol. The van der Waals surface area contributed by atoms with Crippen LogP contribution < -0.4 is 0 Å². The minimum Gasteiger partial charge on any atom is -0.303 e. The quantitative estimate of drug-likeness (QED) is 0.617. The van der Waals surface area contributed by atoms with Crippen LogP contribution in [0.25, 0.3) is 0 Å². The zero-order valence-electron chi connectivity index (χ0n) is 8.22. The summed E-state index contributed by atoms with van der Waals surface area (Å²) < 4.78 is 0. The minimum atomic E-state index is 0.653. The summed E-state index contributed by atoms with van der Waals surface area (Å²) in [5, 5.41) is 0. The van der Waals surface area contributed by atoms with Crippen molar-refractivity contribution in [3.63, 3.8) is 0 Å². The monoisotopic (exact) mass is 189 g/mol. The highest BCUT2D eigenvalue weighted by Crippen LogP contribution is 2.17. The molecule has 2 heteroatoms. The van der Waals surface area contributed by atoms with E-state index in [4.69, 9.17) is 11.6 Å². The maximum atomic E-state index is 5.77. The second kappa shape index (κ2) is 5.08. The van der Waals surface area contributed by atoms with Crippen LogP contribution in [0.1, 0.15) is 26.7 Å². The van der Waals surface area contributed by atoms with Gasteiger partial charge in [-0.05, 0) is 37.8 Å². The third kappa shape index (κ3) is 3.32. The molecule has 0 saturated carbocycles. The van der Waals surface area contributed by atoms with Crippen LogP contribution in [0.5, 0.6) is 0 Å². The van der Waals surface area contributed by atoms with Gasteiger partial charge >= 0.3 is 0 Å². The number of hydrogen-bond acceptors (Lipinski definition) is 1. The molecule has 0 aliphatic carbocycles. The van der Waals surface area contributed by atoms with E-state index in [1.165, 1.54) is 32.5 Å². The molecule has 1 saturated heterocycles. The van der Waals surface area contributed by atoms with Gasteiger partial charge in [0.2, 0.25) is 0 Å². The zero-order chi connectivity index (χ0) is 8.97. The summed E-state index contributed by atoms with van der Waals surface area (Å²) in [6.45, 7) is 8.33. The minimum absolute atomic E-state index is 0.653. The van der Waals surface area contributed by atoms with Gasteiger partial charge in [-0.25, -0.2) is 0 Å². The normalized spacial score (nSPS) is 24.2. The first-order chi connectivity index (χ1) is 5.72. The van der Waals surface area contributed by atoms with E-state index < -0.39 is 0 Å². The molecule has 1 unspecified atom stereocenters. The van der Waals surface area contributed by atoms with Crippen molar-refractivity contribution >= 4 is 11.6 Å². The molecule has 0 bridgehead atoms. The number of rotatable bonds is 3. The highest BCUT2D eigenvalue weighted by molar-refractivity contribution is 6.18. The SMILES string of the molecule is CC1CCN(CC(C)CCl)CC1. The first-order valence-electron chi connectivity index (χ1n) is 5.00. The van der Waals surface area contributed by atoms with Gasteiger partial charge in [-0.1, -0.05) is 13.8 Å². The van der Waals surface area contributed by atoms with E-state index in [1.807, 2.05) is 0 Å². The Bertz CT molecular complexity index is 119. The summed E-state index contributed by atoms with van der Waals surface area (Å²) in [5.41, 5.74) is 0. The van der Waals surface area contributed by atoms with Crippen LogP contribution in [-0.2, 0) is 0 Å². The van der Waals surface area contributed by atoms with Crippen molar-refractivity contribution in [2.75, 3.05) is 25.5 Å². The molecule has 1 atom stereocenters. The van der Waals surface area contributed by atoms with Crippen molar-refractivity contribution in [2.24, 2.45) is 11.8 Å². The van der Waals surface area contributed by atoms with Crippen molar-refractivity contribution in [3.05, 3.63) is 0 Å². The molecule has 1 nitrogen and oxygen atoms in total. The molecule has 1 fully saturated rings. The molecule has 0 radical (unpaired) electrons. The molecule has 0 aromatic carbocycles. The van der Waals surface area contributed by atoms with Crippen LogP contribution in [0.15, 0.2) is 0 Å². The molecule has 0 N–H and O–H groups in total. The molecule has 1 rings (SSSR count). The zero-order valence-corrected chi connectivity index (χ0v) is 8.98. The molecular formula is C10H20ClN. The Hall–Kier alpha value is 0.250. The molecule has 12 heavy (non-hydrogen) atoms. The van der Waals surface area contributed by atoms with Crippen LogP contribution in [0.3, 0.4) is 0 Å². The molecule has 0 aromatic heterocycles. The second-order valence-electron chi connectivity index (χ2n) is 4.24. The smallest absolute Gasteiger partial charge is 0.0261 e. The summed E-state index contributed by atoms with van der Waals surface area (Å²) in [7, 11) is 0. The number of alkyl halides is 1. The van der Waals surface area contributed by atoms with Crippen molar-refractivity contribution < 1.29 is 0 Å². The van der Waals surface area contributed by atoms with E-state index in [1.54, 1.807) is 0 Å². The van der Waals surface area contributed by atoms with E-state index >= 15 is 0 Å². The topological polar surface area (TPSA) is 3.24 Å². The van der Waals surface area contributed by atoms with Gasteiger partial charge in [0.05, 0.1) is 0 Å². The third-order valence-electron chi connectivity index (χ3n) is 2.71. The molecule has 1 heterocycles. The fourth-order valence-electron chi connectivity index (χ4n) is 1.73. The molecule has 0 amide bonds. The molecule has 72 valence electrons. The van der Waals surface area contributed by atoms with Gasteiger partial charge in [0.25, 0.3) is 0 Å². The van der Waals surface area contributed by atoms with Crippen molar-refractivity contribution in [3.8, 4) is 0 Å². The van der Waals surface area contributed by atoms with Gasteiger partial charge in [-0.2, -0.15) is 0 Å². The van der Waals surface area contributed by atoms with Crippen molar-refractivity contribution in [1.29, 1.82) is 0 Å². The number of halogens is 1. The number of hydrogen-bond donors (Lipinski definition) is 0. The third-order valence-corrected chi connectivity index (χ3v) is 3.24. The largest absolute Gasteiger partial charge is 0.303 e. The molecule has 1 aliphatic rings. The van der Waals surface area contributed by atoms with Gasteiger partial charge in [-0.15, -0.1) is 11.6 Å². The Morgan fingerprint density at radius 3 is 2.50 bits per heavy atom. The van der Waals surface area contributed by atoms with E-state index in [2.05, 4.69) is 18.7 Å². The van der Waals surface area contributed by atoms with Gasteiger partial charge < -0.3 is 4.90 Å². The number of piperidine rings is 1. The molecule has 1 aliphatic heterocycles. The Kier molecular flexibility index (Phi) is 4.38. The van der Waals surface area contributed by atoms with E-state index in [0.717, 1.165) is 11.8 Å². The predicted molar refractivity (Wildman–Crippen MR) is 54.7 cm³/mol. The fraction of sp³-hybridized carbons (Fsp3) is 1.00. The van der Waals surface area contributed by atoms with E-state index in [9.17, 15) is 0 Å². The lowest BCUT2D eigenvalue weighted by molar-refractivity contribution is 0.175. The fourth-order valence-corrected chi connectivity index (χ4v) is 1.83. The lowest BCUT2D eigenvalue weighted by atomic mass is 9.98. The van der Waals surface area contributed by atoms with Gasteiger partial charge in [0, 0.05) is 12.4 Å². The van der Waals surface area contributed by atoms with Gasteiger partial charge in [0.15, 0.2) is 0 Å². The Balaban J connectivity index is 2.17. The van der Waals surface area contributed by atoms with Gasteiger partial charge in [-0.3, -0.25) is 0 Å². The number of nitrogens with zero attached hydrogens (tertiary/aromatic N) is 1. The van der Waals surface area contributed by atoms with Crippen LogP contribution >= 0.6 is 11.6 Å². The summed E-state index contributed by atoms with van der Waals surface area (Å²) >= 11 is 5.77. The maximum Gasteiger partial charge on any atom is 0.0261 e. The summed E-state index contributed by atoms with van der Waals surface area (Å²) in [6.07, 6.45) is 2.74. The molecule has 0 spiro atoms. The van der Waals surface area contributed by atoms with Crippen LogP contribution in [0, 0.1) is 11.8 Å². The predicted octanol–water partition coefficient (Wildman–Crippen LogP) is 2.59. The summed E-state index contributed by atoms with van der Waals surface area (Å²) in [6, 6.07) is 0. The number of likely N-dealkylation sites (tertiary alicyclic amines) is 1. The highest BCUT2D eigenvalue weighted by Gasteiger charge is 2.16. The summed E-state index contributed by atoms with van der Waals surface area (Å²) in [4.78, 5) is 2.55. The highest BCUT2D eigenvalue weighted by atomic mass is 35.5. The first-order valence-corrected chi connectivity index (χ1v) is 5.54. The second-order valence-corrected chi connectivity index (χ2v) is 4.55. The standard InChI is InChI=1S/C10H20ClN/c1-9-3-5-12(6-4-9)8-10(2)7-11/h9-10H,3-8H2,1-2H3. The molecular weight excluding hydrogens is 170 g/mol. The van der Waals surface area contributed by atoms with Gasteiger partial charge in [0.1, 0.15) is 0 Å². The van der Waals surface area contributed by atoms with Crippen LogP contribution in [0.4, 0.5) is 0 Å². The average Bonchev–Trinajstić information content (AvgIpc) is 2.09. The lowest BCUT2D eigenvalue weighted by Crippen LogP contribution is -2.36. The lowest BCUT2D eigenvalue weighted by Gasteiger charge is -2.31. The molecule has 0 aromatic rings. The van der Waals surface area contributed by atoms with Crippen molar-refractivity contribution in [2.45, 2.75) is 26.7 Å².